The van der Waals surface area contributed by atoms with Crippen molar-refractivity contribution in [2.45, 2.75) is 32.6 Å². The van der Waals surface area contributed by atoms with E-state index >= 15 is 0 Å². The van der Waals surface area contributed by atoms with Crippen LogP contribution in [0.2, 0.25) is 0 Å². The van der Waals surface area contributed by atoms with Crippen LogP contribution in [0.3, 0.4) is 0 Å². The van der Waals surface area contributed by atoms with Gasteiger partial charge in [-0.15, -0.1) is 0 Å². The van der Waals surface area contributed by atoms with Crippen LogP contribution in [0, 0.1) is 13.8 Å². The van der Waals surface area contributed by atoms with Crippen LogP contribution in [0.1, 0.15) is 36.0 Å². The van der Waals surface area contributed by atoms with E-state index in [2.05, 4.69) is 24.8 Å². The van der Waals surface area contributed by atoms with Crippen LogP contribution in [0.5, 0.6) is 0 Å². The van der Waals surface area contributed by atoms with Crippen molar-refractivity contribution in [1.82, 2.24) is 19.9 Å². The topological polar surface area (TPSA) is 54.8 Å². The molecule has 0 bridgehead atoms. The molecule has 0 N–H and O–H groups in total. The van der Waals surface area contributed by atoms with Gasteiger partial charge < -0.3 is 4.90 Å². The van der Waals surface area contributed by atoms with Crippen molar-refractivity contribution in [1.29, 1.82) is 0 Å². The average molecular weight is 269 g/mol. The van der Waals surface area contributed by atoms with E-state index in [-0.39, 0.29) is 0 Å². The van der Waals surface area contributed by atoms with Crippen molar-refractivity contribution in [3.8, 4) is 0 Å². The second-order valence-corrected chi connectivity index (χ2v) is 5.36. The minimum absolute atomic E-state index is 0.379. The Balaban J connectivity index is 1.81. The number of nitrogens with zero attached hydrogens (tertiary/aromatic N) is 5. The summed E-state index contributed by atoms with van der Waals surface area (Å²) in [6, 6.07) is 2.02. The fourth-order valence-electron chi connectivity index (χ4n) is 2.79. The molecule has 5 heteroatoms. The molecule has 3 rings (SSSR count). The molecule has 1 unspecified atom stereocenters. The first-order valence-electron chi connectivity index (χ1n) is 7.05. The van der Waals surface area contributed by atoms with Crippen LogP contribution in [0.15, 0.2) is 24.7 Å². The molecule has 0 amide bonds. The molecule has 0 saturated carbocycles. The molecule has 104 valence electrons. The highest BCUT2D eigenvalue weighted by Crippen LogP contribution is 2.27. The van der Waals surface area contributed by atoms with E-state index < -0.39 is 0 Å². The third kappa shape index (κ3) is 2.76. The fraction of sp³-hybridized carbons (Fsp3) is 0.467. The second-order valence-electron chi connectivity index (χ2n) is 5.36. The number of hydrogen-bond donors (Lipinski definition) is 0. The van der Waals surface area contributed by atoms with Gasteiger partial charge in [-0.1, -0.05) is 0 Å². The maximum absolute atomic E-state index is 4.61. The summed E-state index contributed by atoms with van der Waals surface area (Å²) in [5.41, 5.74) is 2.09. The van der Waals surface area contributed by atoms with E-state index in [1.807, 2.05) is 26.1 Å². The molecule has 0 radical (unpaired) electrons. The number of hydrogen-bond acceptors (Lipinski definition) is 5. The van der Waals surface area contributed by atoms with Gasteiger partial charge in [0.2, 0.25) is 0 Å². The van der Waals surface area contributed by atoms with E-state index in [9.17, 15) is 0 Å². The summed E-state index contributed by atoms with van der Waals surface area (Å²) in [4.78, 5) is 20.0. The predicted molar refractivity (Wildman–Crippen MR) is 77.7 cm³/mol. The number of aryl methyl sites for hydroxylation is 2. The Morgan fingerprint density at radius 3 is 2.65 bits per heavy atom. The lowest BCUT2D eigenvalue weighted by Gasteiger charge is -2.32. The molecule has 5 nitrogen and oxygen atoms in total. The van der Waals surface area contributed by atoms with Crippen LogP contribution in [-0.4, -0.2) is 33.0 Å². The number of aromatic nitrogens is 4. The van der Waals surface area contributed by atoms with Crippen molar-refractivity contribution >= 4 is 5.82 Å². The van der Waals surface area contributed by atoms with Crippen LogP contribution < -0.4 is 4.90 Å². The summed E-state index contributed by atoms with van der Waals surface area (Å²) >= 11 is 0. The first-order valence-corrected chi connectivity index (χ1v) is 7.05. The van der Waals surface area contributed by atoms with Crippen molar-refractivity contribution in [2.75, 3.05) is 18.0 Å². The molecule has 1 fully saturated rings. The lowest BCUT2D eigenvalue weighted by Crippen LogP contribution is -2.35. The Kier molecular flexibility index (Phi) is 3.58. The zero-order valence-electron chi connectivity index (χ0n) is 12.0. The molecule has 0 spiro atoms. The third-order valence-corrected chi connectivity index (χ3v) is 3.66. The molecular formula is C15H19N5. The van der Waals surface area contributed by atoms with Gasteiger partial charge in [-0.2, -0.15) is 0 Å². The minimum Gasteiger partial charge on any atom is -0.355 e. The monoisotopic (exact) mass is 269 g/mol. The van der Waals surface area contributed by atoms with Crippen molar-refractivity contribution in [3.63, 3.8) is 0 Å². The molecule has 3 heterocycles. The standard InChI is InChI=1S/C15H19N5/c1-11-8-12(2)19-15(18-11)13-4-3-7-20(10-13)14-9-16-5-6-17-14/h5-6,8-9,13H,3-4,7,10H2,1-2H3. The maximum atomic E-state index is 4.61. The molecule has 2 aromatic heterocycles. The van der Waals surface area contributed by atoms with Crippen molar-refractivity contribution in [2.24, 2.45) is 0 Å². The van der Waals surface area contributed by atoms with Gasteiger partial charge >= 0.3 is 0 Å². The van der Waals surface area contributed by atoms with Crippen LogP contribution >= 0.6 is 0 Å². The van der Waals surface area contributed by atoms with Crippen LogP contribution in [0.4, 0.5) is 5.82 Å². The number of rotatable bonds is 2. The normalized spacial score (nSPS) is 19.1. The molecule has 2 aromatic rings. The summed E-state index contributed by atoms with van der Waals surface area (Å²) < 4.78 is 0. The van der Waals surface area contributed by atoms with Gasteiger partial charge in [-0.25, -0.2) is 15.0 Å². The summed E-state index contributed by atoms with van der Waals surface area (Å²) in [5.74, 6) is 2.29. The lowest BCUT2D eigenvalue weighted by molar-refractivity contribution is 0.486. The van der Waals surface area contributed by atoms with Gasteiger partial charge in [0.05, 0.1) is 6.20 Å². The summed E-state index contributed by atoms with van der Waals surface area (Å²) in [6.07, 6.45) is 7.55. The highest BCUT2D eigenvalue weighted by Gasteiger charge is 2.24. The van der Waals surface area contributed by atoms with E-state index in [0.29, 0.717) is 5.92 Å². The van der Waals surface area contributed by atoms with Crippen molar-refractivity contribution in [3.05, 3.63) is 41.9 Å². The van der Waals surface area contributed by atoms with E-state index in [0.717, 1.165) is 49.0 Å². The first kappa shape index (κ1) is 13.0. The Morgan fingerprint density at radius 1 is 1.15 bits per heavy atom. The quantitative estimate of drug-likeness (QED) is 0.837. The Hall–Kier alpha value is -2.04. The third-order valence-electron chi connectivity index (χ3n) is 3.66. The van der Waals surface area contributed by atoms with Gasteiger partial charge in [0.15, 0.2) is 0 Å². The smallest absolute Gasteiger partial charge is 0.147 e. The highest BCUT2D eigenvalue weighted by atomic mass is 15.2. The van der Waals surface area contributed by atoms with Crippen LogP contribution in [0.25, 0.3) is 0 Å². The Morgan fingerprint density at radius 2 is 1.95 bits per heavy atom. The van der Waals surface area contributed by atoms with Gasteiger partial charge in [0.1, 0.15) is 11.6 Å². The molecule has 1 aliphatic heterocycles. The Bertz CT molecular complexity index is 564. The lowest BCUT2D eigenvalue weighted by atomic mass is 9.97. The molecule has 1 saturated heterocycles. The summed E-state index contributed by atoms with van der Waals surface area (Å²) in [7, 11) is 0. The zero-order valence-corrected chi connectivity index (χ0v) is 12.0. The van der Waals surface area contributed by atoms with Gasteiger partial charge in [0, 0.05) is 42.8 Å². The molecule has 0 aromatic carbocycles. The first-order chi connectivity index (χ1) is 9.72. The van der Waals surface area contributed by atoms with E-state index in [1.165, 1.54) is 0 Å². The molecule has 1 atom stereocenters. The molecule has 1 aliphatic rings. The van der Waals surface area contributed by atoms with Gasteiger partial charge in [-0.05, 0) is 32.8 Å². The summed E-state index contributed by atoms with van der Waals surface area (Å²) in [6.45, 7) is 6.00. The summed E-state index contributed by atoms with van der Waals surface area (Å²) in [5, 5.41) is 0. The molecule has 0 aliphatic carbocycles. The Labute approximate surface area is 119 Å². The van der Waals surface area contributed by atoms with Gasteiger partial charge in [0.25, 0.3) is 0 Å². The predicted octanol–water partition coefficient (Wildman–Crippen LogP) is 2.27. The SMILES string of the molecule is Cc1cc(C)nc(C2CCCN(c3cnccn3)C2)n1. The average Bonchev–Trinajstić information content (AvgIpc) is 2.47. The number of piperidine rings is 1. The van der Waals surface area contributed by atoms with Gasteiger partial charge in [-0.3, -0.25) is 4.98 Å². The van der Waals surface area contributed by atoms with E-state index in [4.69, 9.17) is 0 Å². The van der Waals surface area contributed by atoms with Crippen LogP contribution in [-0.2, 0) is 0 Å². The van der Waals surface area contributed by atoms with E-state index in [1.54, 1.807) is 12.4 Å². The second kappa shape index (κ2) is 5.53. The minimum atomic E-state index is 0.379. The largest absolute Gasteiger partial charge is 0.355 e. The zero-order chi connectivity index (χ0) is 13.9. The molecular weight excluding hydrogens is 250 g/mol. The molecule has 20 heavy (non-hydrogen) atoms. The fourth-order valence-corrected chi connectivity index (χ4v) is 2.79. The maximum Gasteiger partial charge on any atom is 0.147 e. The number of anilines is 1. The highest BCUT2D eigenvalue weighted by molar-refractivity contribution is 5.36. The van der Waals surface area contributed by atoms with Crippen molar-refractivity contribution < 1.29 is 0 Å².